The molecule has 5 N–H and O–H groups in total. The number of rotatable bonds is 7. The molecule has 0 atom stereocenters. The lowest BCUT2D eigenvalue weighted by atomic mass is 9.99. The van der Waals surface area contributed by atoms with E-state index in [1.165, 1.54) is 6.20 Å². The van der Waals surface area contributed by atoms with E-state index in [9.17, 15) is 13.6 Å². The molecular formula is C23H21F2N5O. The molecule has 8 heteroatoms. The Morgan fingerprint density at radius 2 is 1.87 bits per heavy atom. The molecule has 0 fully saturated rings. The Morgan fingerprint density at radius 1 is 1.10 bits per heavy atom. The van der Waals surface area contributed by atoms with E-state index in [0.717, 1.165) is 42.0 Å². The van der Waals surface area contributed by atoms with Crippen molar-refractivity contribution in [2.24, 2.45) is 0 Å². The average molecular weight is 421 g/mol. The normalized spacial score (nSPS) is 11.1. The summed E-state index contributed by atoms with van der Waals surface area (Å²) in [5.41, 5.74) is 7.78. The van der Waals surface area contributed by atoms with E-state index in [2.05, 4.69) is 20.6 Å². The average Bonchev–Trinajstić information content (AvgIpc) is 3.20. The second kappa shape index (κ2) is 8.53. The Hall–Kier alpha value is -3.78. The van der Waals surface area contributed by atoms with Gasteiger partial charge in [-0.1, -0.05) is 12.1 Å². The van der Waals surface area contributed by atoms with Gasteiger partial charge in [0.25, 0.3) is 0 Å². The first kappa shape index (κ1) is 20.5. The second-order valence-electron chi connectivity index (χ2n) is 7.08. The van der Waals surface area contributed by atoms with Gasteiger partial charge in [0, 0.05) is 47.7 Å². The maximum atomic E-state index is 14.4. The molecule has 0 aliphatic rings. The first-order valence-corrected chi connectivity index (χ1v) is 9.74. The van der Waals surface area contributed by atoms with Crippen molar-refractivity contribution in [3.8, 4) is 11.1 Å². The van der Waals surface area contributed by atoms with Crippen molar-refractivity contribution >= 4 is 28.2 Å². The van der Waals surface area contributed by atoms with Crippen LogP contribution in [0.2, 0.25) is 0 Å². The highest BCUT2D eigenvalue weighted by atomic mass is 19.1. The maximum Gasteiger partial charge on any atom is 0.201 e. The van der Waals surface area contributed by atoms with Crippen molar-refractivity contribution in [1.29, 1.82) is 0 Å². The van der Waals surface area contributed by atoms with E-state index in [4.69, 9.17) is 5.73 Å². The standard InChI is InChI=1S/C23H21F2N5O/c1-27-8-9-28-15-4-2-13(3-5-15)14-10-16-17(12-30-23(16)29-11-14)22(31)20-18(24)6-7-19(26)21(20)25/h2-7,10-12,27-28H,8-9,26H2,1H3,(H,29,30). The van der Waals surface area contributed by atoms with Crippen LogP contribution in [0.15, 0.2) is 54.9 Å². The third-order valence-corrected chi connectivity index (χ3v) is 5.05. The maximum absolute atomic E-state index is 14.4. The topological polar surface area (TPSA) is 95.8 Å². The van der Waals surface area contributed by atoms with Crippen LogP contribution in [0.25, 0.3) is 22.2 Å². The number of ketones is 1. The highest BCUT2D eigenvalue weighted by Gasteiger charge is 2.23. The molecule has 0 aliphatic carbocycles. The van der Waals surface area contributed by atoms with Crippen molar-refractivity contribution in [2.45, 2.75) is 0 Å². The van der Waals surface area contributed by atoms with E-state index in [0.29, 0.717) is 11.0 Å². The lowest BCUT2D eigenvalue weighted by Crippen LogP contribution is -2.17. The molecule has 158 valence electrons. The van der Waals surface area contributed by atoms with Crippen molar-refractivity contribution in [1.82, 2.24) is 15.3 Å². The van der Waals surface area contributed by atoms with Gasteiger partial charge in [-0.2, -0.15) is 0 Å². The minimum absolute atomic E-state index is 0.123. The lowest BCUT2D eigenvalue weighted by molar-refractivity contribution is 0.103. The number of pyridine rings is 1. The summed E-state index contributed by atoms with van der Waals surface area (Å²) in [7, 11) is 1.89. The molecule has 31 heavy (non-hydrogen) atoms. The number of aromatic amines is 1. The number of hydrogen-bond donors (Lipinski definition) is 4. The predicted molar refractivity (Wildman–Crippen MR) is 118 cm³/mol. The number of nitrogens with zero attached hydrogens (tertiary/aromatic N) is 1. The Bertz CT molecular complexity index is 1250. The van der Waals surface area contributed by atoms with Crippen LogP contribution in [-0.2, 0) is 0 Å². The zero-order chi connectivity index (χ0) is 22.0. The molecule has 0 amide bonds. The molecular weight excluding hydrogens is 400 g/mol. The number of H-pyrrole nitrogens is 1. The molecule has 0 aliphatic heterocycles. The number of nitrogens with two attached hydrogens (primary N) is 1. The van der Waals surface area contributed by atoms with Crippen molar-refractivity contribution in [2.75, 3.05) is 31.2 Å². The van der Waals surface area contributed by atoms with Crippen LogP contribution in [0.1, 0.15) is 15.9 Å². The predicted octanol–water partition coefficient (Wildman–Crippen LogP) is 3.95. The van der Waals surface area contributed by atoms with Gasteiger partial charge >= 0.3 is 0 Å². The zero-order valence-corrected chi connectivity index (χ0v) is 16.8. The van der Waals surface area contributed by atoms with Gasteiger partial charge in [0.2, 0.25) is 5.78 Å². The molecule has 0 radical (unpaired) electrons. The number of aromatic nitrogens is 2. The summed E-state index contributed by atoms with van der Waals surface area (Å²) in [5.74, 6) is -2.82. The summed E-state index contributed by atoms with van der Waals surface area (Å²) >= 11 is 0. The van der Waals surface area contributed by atoms with Crippen molar-refractivity contribution in [3.63, 3.8) is 0 Å². The van der Waals surface area contributed by atoms with Gasteiger partial charge in [-0.3, -0.25) is 4.79 Å². The first-order valence-electron chi connectivity index (χ1n) is 9.74. The summed E-state index contributed by atoms with van der Waals surface area (Å²) in [6.07, 6.45) is 3.08. The Kier molecular flexibility index (Phi) is 5.64. The monoisotopic (exact) mass is 421 g/mol. The number of nitrogen functional groups attached to an aromatic ring is 1. The van der Waals surface area contributed by atoms with Crippen LogP contribution in [0, 0.1) is 11.6 Å². The summed E-state index contributed by atoms with van der Waals surface area (Å²) in [6.45, 7) is 1.65. The fourth-order valence-corrected chi connectivity index (χ4v) is 3.37. The van der Waals surface area contributed by atoms with Crippen LogP contribution in [0.4, 0.5) is 20.2 Å². The Balaban J connectivity index is 1.69. The van der Waals surface area contributed by atoms with E-state index in [-0.39, 0.29) is 11.3 Å². The third kappa shape index (κ3) is 3.97. The molecule has 6 nitrogen and oxygen atoms in total. The molecule has 4 aromatic rings. The molecule has 2 aromatic carbocycles. The number of benzene rings is 2. The molecule has 2 aromatic heterocycles. The van der Waals surface area contributed by atoms with Crippen LogP contribution in [0.3, 0.4) is 0 Å². The van der Waals surface area contributed by atoms with Gasteiger partial charge in [0.1, 0.15) is 11.5 Å². The van der Waals surface area contributed by atoms with E-state index in [1.54, 1.807) is 12.3 Å². The second-order valence-corrected chi connectivity index (χ2v) is 7.08. The molecule has 2 heterocycles. The fourth-order valence-electron chi connectivity index (χ4n) is 3.37. The summed E-state index contributed by atoms with van der Waals surface area (Å²) < 4.78 is 28.6. The van der Waals surface area contributed by atoms with Crippen LogP contribution in [0.5, 0.6) is 0 Å². The van der Waals surface area contributed by atoms with Crippen molar-refractivity contribution < 1.29 is 13.6 Å². The zero-order valence-electron chi connectivity index (χ0n) is 16.8. The SMILES string of the molecule is CNCCNc1ccc(-c2cnc3[nH]cc(C(=O)c4c(F)ccc(N)c4F)c3c2)cc1. The van der Waals surface area contributed by atoms with Gasteiger partial charge < -0.3 is 21.4 Å². The summed E-state index contributed by atoms with van der Waals surface area (Å²) in [6, 6.07) is 11.6. The van der Waals surface area contributed by atoms with Crippen LogP contribution >= 0.6 is 0 Å². The van der Waals surface area contributed by atoms with Gasteiger partial charge in [-0.05, 0) is 42.9 Å². The number of anilines is 2. The molecule has 4 rings (SSSR count). The van der Waals surface area contributed by atoms with Crippen LogP contribution < -0.4 is 16.4 Å². The third-order valence-electron chi connectivity index (χ3n) is 5.05. The van der Waals surface area contributed by atoms with E-state index >= 15 is 0 Å². The first-order chi connectivity index (χ1) is 15.0. The Labute approximate surface area is 177 Å². The van der Waals surface area contributed by atoms with Crippen molar-refractivity contribution in [3.05, 3.63) is 77.6 Å². The largest absolute Gasteiger partial charge is 0.396 e. The minimum atomic E-state index is -1.06. The number of carbonyl (C=O) groups is 1. The highest BCUT2D eigenvalue weighted by molar-refractivity contribution is 6.16. The van der Waals surface area contributed by atoms with Gasteiger partial charge in [-0.25, -0.2) is 13.8 Å². The minimum Gasteiger partial charge on any atom is -0.396 e. The smallest absolute Gasteiger partial charge is 0.201 e. The molecule has 0 spiro atoms. The Morgan fingerprint density at radius 3 is 2.61 bits per heavy atom. The van der Waals surface area contributed by atoms with Gasteiger partial charge in [0.05, 0.1) is 11.3 Å². The van der Waals surface area contributed by atoms with Crippen LogP contribution in [-0.4, -0.2) is 35.9 Å². The molecule has 0 saturated carbocycles. The van der Waals surface area contributed by atoms with Gasteiger partial charge in [0.15, 0.2) is 5.82 Å². The summed E-state index contributed by atoms with van der Waals surface area (Å²) in [4.78, 5) is 20.2. The quantitative estimate of drug-likeness (QED) is 0.206. The molecule has 0 saturated heterocycles. The summed E-state index contributed by atoms with van der Waals surface area (Å²) in [5, 5.41) is 6.84. The number of hydrogen-bond acceptors (Lipinski definition) is 5. The fraction of sp³-hybridized carbons (Fsp3) is 0.130. The number of likely N-dealkylation sites (N-methyl/N-ethyl adjacent to an activating group) is 1. The number of fused-ring (bicyclic) bond motifs is 1. The molecule has 0 unspecified atom stereocenters. The highest BCUT2D eigenvalue weighted by Crippen LogP contribution is 2.29. The number of halogens is 2. The van der Waals surface area contributed by atoms with E-state index in [1.807, 2.05) is 31.3 Å². The van der Waals surface area contributed by atoms with Gasteiger partial charge in [-0.15, -0.1) is 0 Å². The lowest BCUT2D eigenvalue weighted by Gasteiger charge is -2.08. The molecule has 0 bridgehead atoms. The van der Waals surface area contributed by atoms with E-state index < -0.39 is 23.0 Å². The number of nitrogens with one attached hydrogen (secondary N) is 3. The number of carbonyl (C=O) groups excluding carboxylic acids is 1.